The first-order chi connectivity index (χ1) is 9.35. The number of thiophene rings is 1. The van der Waals surface area contributed by atoms with Crippen LogP contribution in [0.5, 0.6) is 0 Å². The molecule has 1 aromatic heterocycles. The van der Waals surface area contributed by atoms with Crippen LogP contribution in [0.2, 0.25) is 0 Å². The van der Waals surface area contributed by atoms with Gasteiger partial charge in [0.25, 0.3) is 0 Å². The van der Waals surface area contributed by atoms with E-state index in [1.807, 2.05) is 13.0 Å². The molecule has 0 fully saturated rings. The summed E-state index contributed by atoms with van der Waals surface area (Å²) in [6.07, 6.45) is 1.93. The van der Waals surface area contributed by atoms with Gasteiger partial charge in [0.05, 0.1) is 5.75 Å². The van der Waals surface area contributed by atoms with Crippen molar-refractivity contribution in [1.82, 2.24) is 5.32 Å². The minimum absolute atomic E-state index is 0.185. The molecule has 0 amide bonds. The van der Waals surface area contributed by atoms with Crippen LogP contribution < -0.4 is 5.32 Å². The second-order valence-electron chi connectivity index (χ2n) is 5.39. The van der Waals surface area contributed by atoms with Gasteiger partial charge in [0.1, 0.15) is 9.84 Å². The molecule has 0 saturated heterocycles. The molecule has 20 heavy (non-hydrogen) atoms. The van der Waals surface area contributed by atoms with Gasteiger partial charge in [-0.3, -0.25) is 0 Å². The van der Waals surface area contributed by atoms with Gasteiger partial charge in [0.2, 0.25) is 0 Å². The van der Waals surface area contributed by atoms with E-state index < -0.39 is 9.84 Å². The van der Waals surface area contributed by atoms with Crippen molar-refractivity contribution >= 4 is 31.3 Å². The van der Waals surface area contributed by atoms with Crippen LogP contribution in [0.3, 0.4) is 0 Å². The zero-order chi connectivity index (χ0) is 14.8. The molecule has 110 valence electrons. The fourth-order valence-electron chi connectivity index (χ4n) is 2.20. The first-order valence-electron chi connectivity index (χ1n) is 6.77. The topological polar surface area (TPSA) is 46.2 Å². The van der Waals surface area contributed by atoms with Crippen LogP contribution in [0, 0.1) is 0 Å². The maximum Gasteiger partial charge on any atom is 0.147 e. The number of hydrogen-bond acceptors (Lipinski definition) is 4. The quantitative estimate of drug-likeness (QED) is 0.889. The van der Waals surface area contributed by atoms with E-state index in [4.69, 9.17) is 0 Å². The van der Waals surface area contributed by atoms with Crippen molar-refractivity contribution in [3.8, 4) is 0 Å². The van der Waals surface area contributed by atoms with Crippen LogP contribution in [-0.4, -0.2) is 26.5 Å². The van der Waals surface area contributed by atoms with E-state index in [1.54, 1.807) is 11.3 Å². The molecule has 0 aliphatic rings. The Morgan fingerprint density at radius 3 is 2.60 bits per heavy atom. The lowest BCUT2D eigenvalue weighted by Gasteiger charge is -2.18. The van der Waals surface area contributed by atoms with Crippen molar-refractivity contribution in [1.29, 1.82) is 0 Å². The second-order valence-corrected chi connectivity index (χ2v) is 8.77. The molecule has 2 rings (SSSR count). The Balaban J connectivity index is 1.98. The number of benzene rings is 1. The molecule has 1 heterocycles. The zero-order valence-electron chi connectivity index (χ0n) is 12.1. The Labute approximate surface area is 124 Å². The average Bonchev–Trinajstić information content (AvgIpc) is 2.79. The fraction of sp³-hybridized carbons (Fsp3) is 0.467. The molecule has 5 heteroatoms. The zero-order valence-corrected chi connectivity index (χ0v) is 13.7. The lowest BCUT2D eigenvalue weighted by molar-refractivity contribution is 0.472. The number of rotatable bonds is 6. The summed E-state index contributed by atoms with van der Waals surface area (Å²) in [4.78, 5) is 1.29. The monoisotopic (exact) mass is 311 g/mol. The number of sulfone groups is 1. The average molecular weight is 311 g/mol. The summed E-state index contributed by atoms with van der Waals surface area (Å²) in [6.45, 7) is 4.16. The number of nitrogens with one attached hydrogen (secondary N) is 1. The molecule has 0 spiro atoms. The largest absolute Gasteiger partial charge is 0.307 e. The van der Waals surface area contributed by atoms with E-state index in [0.29, 0.717) is 6.42 Å². The first kappa shape index (κ1) is 15.5. The molecule has 0 bridgehead atoms. The van der Waals surface area contributed by atoms with Crippen molar-refractivity contribution in [3.63, 3.8) is 0 Å². The molecule has 2 aromatic rings. The molecule has 1 aromatic carbocycles. The summed E-state index contributed by atoms with van der Waals surface area (Å²) >= 11 is 1.79. The minimum Gasteiger partial charge on any atom is -0.307 e. The predicted molar refractivity (Wildman–Crippen MR) is 87.2 cm³/mol. The van der Waals surface area contributed by atoms with E-state index in [2.05, 4.69) is 36.5 Å². The molecule has 0 aliphatic carbocycles. The molecule has 2 atom stereocenters. The van der Waals surface area contributed by atoms with Gasteiger partial charge in [-0.25, -0.2) is 8.42 Å². The molecule has 0 radical (unpaired) electrons. The lowest BCUT2D eigenvalue weighted by atomic mass is 10.2. The van der Waals surface area contributed by atoms with E-state index in [9.17, 15) is 8.42 Å². The van der Waals surface area contributed by atoms with Crippen molar-refractivity contribution in [2.24, 2.45) is 0 Å². The Hall–Kier alpha value is -0.910. The fourth-order valence-corrected chi connectivity index (χ4v) is 4.06. The molecule has 0 unspecified atom stereocenters. The molecule has 0 aliphatic heterocycles. The molecule has 1 N–H and O–H groups in total. The molecular formula is C15H21NO2S2. The van der Waals surface area contributed by atoms with Crippen LogP contribution in [0.1, 0.15) is 31.2 Å². The normalized spacial score (nSPS) is 15.3. The highest BCUT2D eigenvalue weighted by atomic mass is 32.2. The maximum atomic E-state index is 11.2. The standard InChI is InChI=1S/C15H21NO2S2/c1-11(8-9-20(3,17)18)16-12(2)15-10-13-6-4-5-7-14(13)19-15/h4-7,10-12,16H,8-9H2,1-3H3/t11-,12+/m0/s1. The highest BCUT2D eigenvalue weighted by molar-refractivity contribution is 7.90. The van der Waals surface area contributed by atoms with Gasteiger partial charge < -0.3 is 5.32 Å². The Morgan fingerprint density at radius 1 is 1.25 bits per heavy atom. The van der Waals surface area contributed by atoms with Gasteiger partial charge in [-0.2, -0.15) is 0 Å². The van der Waals surface area contributed by atoms with Gasteiger partial charge in [-0.1, -0.05) is 18.2 Å². The van der Waals surface area contributed by atoms with Crippen molar-refractivity contribution in [2.75, 3.05) is 12.0 Å². The van der Waals surface area contributed by atoms with Crippen molar-refractivity contribution in [2.45, 2.75) is 32.4 Å². The maximum absolute atomic E-state index is 11.2. The van der Waals surface area contributed by atoms with Crippen LogP contribution in [0.4, 0.5) is 0 Å². The third kappa shape index (κ3) is 4.30. The number of fused-ring (bicyclic) bond motifs is 1. The third-order valence-electron chi connectivity index (χ3n) is 3.33. The van der Waals surface area contributed by atoms with Gasteiger partial charge in [0, 0.05) is 27.9 Å². The van der Waals surface area contributed by atoms with E-state index in [-0.39, 0.29) is 17.8 Å². The summed E-state index contributed by atoms with van der Waals surface area (Å²) in [6, 6.07) is 11.0. The third-order valence-corrected chi connectivity index (χ3v) is 5.60. The lowest BCUT2D eigenvalue weighted by Crippen LogP contribution is -2.30. The SMILES string of the molecule is C[C@@H](CCS(C)(=O)=O)N[C@H](C)c1cc2ccccc2s1. The van der Waals surface area contributed by atoms with Gasteiger partial charge in [0.15, 0.2) is 0 Å². The van der Waals surface area contributed by atoms with E-state index in [0.717, 1.165) is 0 Å². The van der Waals surface area contributed by atoms with Crippen LogP contribution >= 0.6 is 11.3 Å². The van der Waals surface area contributed by atoms with Gasteiger partial charge in [-0.05, 0) is 37.8 Å². The van der Waals surface area contributed by atoms with Crippen molar-refractivity contribution in [3.05, 3.63) is 35.2 Å². The summed E-state index contributed by atoms with van der Waals surface area (Å²) < 4.78 is 23.7. The van der Waals surface area contributed by atoms with Gasteiger partial charge >= 0.3 is 0 Å². The van der Waals surface area contributed by atoms with Crippen LogP contribution in [0.15, 0.2) is 30.3 Å². The summed E-state index contributed by atoms with van der Waals surface area (Å²) in [7, 11) is -2.88. The molecule has 0 saturated carbocycles. The summed E-state index contributed by atoms with van der Waals surface area (Å²) in [5, 5.41) is 4.74. The highest BCUT2D eigenvalue weighted by Crippen LogP contribution is 2.29. The van der Waals surface area contributed by atoms with Crippen LogP contribution in [0.25, 0.3) is 10.1 Å². The Kier molecular flexibility index (Phi) is 4.83. The first-order valence-corrected chi connectivity index (χ1v) is 9.65. The van der Waals surface area contributed by atoms with Crippen LogP contribution in [-0.2, 0) is 9.84 Å². The van der Waals surface area contributed by atoms with E-state index in [1.165, 1.54) is 21.2 Å². The van der Waals surface area contributed by atoms with E-state index >= 15 is 0 Å². The molecule has 3 nitrogen and oxygen atoms in total. The molecular weight excluding hydrogens is 290 g/mol. The number of hydrogen-bond donors (Lipinski definition) is 1. The summed E-state index contributed by atoms with van der Waals surface area (Å²) in [5.74, 6) is 0.236. The summed E-state index contributed by atoms with van der Waals surface area (Å²) in [5.41, 5.74) is 0. The van der Waals surface area contributed by atoms with Crippen molar-refractivity contribution < 1.29 is 8.42 Å². The Bertz CT molecular complexity index is 643. The smallest absolute Gasteiger partial charge is 0.147 e. The second kappa shape index (κ2) is 6.24. The Morgan fingerprint density at radius 2 is 1.95 bits per heavy atom. The highest BCUT2D eigenvalue weighted by Gasteiger charge is 2.13. The minimum atomic E-state index is -2.88. The van der Waals surface area contributed by atoms with Gasteiger partial charge in [-0.15, -0.1) is 11.3 Å². The predicted octanol–water partition coefficient (Wildman–Crippen LogP) is 3.38.